The molecule has 0 unspecified atom stereocenters. The second-order valence-corrected chi connectivity index (χ2v) is 8.33. The Kier molecular flexibility index (Phi) is 8.84. The van der Waals surface area contributed by atoms with Crippen LogP contribution in [-0.4, -0.2) is 42.5 Å². The monoisotopic (exact) mass is 464 g/mol. The highest BCUT2D eigenvalue weighted by Gasteiger charge is 2.30. The zero-order valence-corrected chi connectivity index (χ0v) is 20.7. The highest BCUT2D eigenvalue weighted by Crippen LogP contribution is 2.33. The SMILES string of the molecule is C\C=C(/N=C1\C(=C/C)C=C(c2ccc(C3=CCCN=C3)cc2Cl)C(=O)N1CC)NCCCC. The van der Waals surface area contributed by atoms with Gasteiger partial charge in [0.2, 0.25) is 0 Å². The van der Waals surface area contributed by atoms with Crippen molar-refractivity contribution in [2.24, 2.45) is 9.98 Å². The summed E-state index contributed by atoms with van der Waals surface area (Å²) in [6, 6.07) is 5.85. The Morgan fingerprint density at radius 2 is 2.12 bits per heavy atom. The average Bonchev–Trinajstić information content (AvgIpc) is 2.84. The number of halogens is 1. The van der Waals surface area contributed by atoms with Crippen molar-refractivity contribution < 1.29 is 4.79 Å². The smallest absolute Gasteiger partial charge is 0.260 e. The van der Waals surface area contributed by atoms with Crippen molar-refractivity contribution in [3.63, 3.8) is 0 Å². The van der Waals surface area contributed by atoms with Crippen molar-refractivity contribution in [2.75, 3.05) is 19.6 Å². The van der Waals surface area contributed by atoms with E-state index >= 15 is 0 Å². The fourth-order valence-electron chi connectivity index (χ4n) is 3.83. The fraction of sp³-hybridized carbons (Fsp3) is 0.370. The first-order valence-electron chi connectivity index (χ1n) is 11.7. The summed E-state index contributed by atoms with van der Waals surface area (Å²) in [5.41, 5.74) is 4.26. The first-order chi connectivity index (χ1) is 16.0. The number of dihydropyridines is 1. The molecule has 0 saturated carbocycles. The summed E-state index contributed by atoms with van der Waals surface area (Å²) in [6.45, 7) is 10.2. The Labute approximate surface area is 202 Å². The molecule has 0 saturated heterocycles. The first kappa shape index (κ1) is 24.7. The van der Waals surface area contributed by atoms with Gasteiger partial charge < -0.3 is 5.32 Å². The molecule has 0 bridgehead atoms. The van der Waals surface area contributed by atoms with Gasteiger partial charge in [-0.05, 0) is 63.0 Å². The maximum absolute atomic E-state index is 13.5. The van der Waals surface area contributed by atoms with Crippen LogP contribution in [0.1, 0.15) is 58.1 Å². The summed E-state index contributed by atoms with van der Waals surface area (Å²) in [4.78, 5) is 24.4. The molecule has 2 heterocycles. The van der Waals surface area contributed by atoms with E-state index in [0.717, 1.165) is 60.4 Å². The molecule has 0 atom stereocenters. The number of unbranched alkanes of at least 4 members (excludes halogenated alkanes) is 1. The van der Waals surface area contributed by atoms with E-state index < -0.39 is 0 Å². The van der Waals surface area contributed by atoms with Crippen LogP contribution in [0.25, 0.3) is 11.1 Å². The third-order valence-corrected chi connectivity index (χ3v) is 6.01. The predicted octanol–water partition coefficient (Wildman–Crippen LogP) is 6.04. The van der Waals surface area contributed by atoms with Crippen LogP contribution in [-0.2, 0) is 4.79 Å². The number of likely N-dealkylation sites (N-methyl/N-ethyl adjacent to an activating group) is 1. The number of aliphatic imine (C=N–C) groups is 2. The number of nitrogens with zero attached hydrogens (tertiary/aromatic N) is 3. The molecule has 33 heavy (non-hydrogen) atoms. The molecule has 1 aromatic carbocycles. The van der Waals surface area contributed by atoms with E-state index in [0.29, 0.717) is 23.0 Å². The number of rotatable bonds is 8. The van der Waals surface area contributed by atoms with E-state index in [1.165, 1.54) is 0 Å². The number of carbonyl (C=O) groups is 1. The van der Waals surface area contributed by atoms with Gasteiger partial charge in [-0.3, -0.25) is 14.7 Å². The second-order valence-electron chi connectivity index (χ2n) is 7.92. The van der Waals surface area contributed by atoms with Crippen molar-refractivity contribution in [3.8, 4) is 0 Å². The minimum Gasteiger partial charge on any atom is -0.370 e. The molecule has 174 valence electrons. The molecule has 5 nitrogen and oxygen atoms in total. The summed E-state index contributed by atoms with van der Waals surface area (Å²) < 4.78 is 0. The molecule has 6 heteroatoms. The van der Waals surface area contributed by atoms with Crippen molar-refractivity contribution >= 4 is 40.7 Å². The minimum atomic E-state index is -0.0982. The van der Waals surface area contributed by atoms with Gasteiger partial charge in [0.15, 0.2) is 0 Å². The lowest BCUT2D eigenvalue weighted by molar-refractivity contribution is -0.121. The number of hydrogen-bond donors (Lipinski definition) is 1. The van der Waals surface area contributed by atoms with Crippen molar-refractivity contribution in [1.29, 1.82) is 0 Å². The molecule has 2 aliphatic heterocycles. The van der Waals surface area contributed by atoms with Crippen LogP contribution in [0.5, 0.6) is 0 Å². The molecule has 0 radical (unpaired) electrons. The van der Waals surface area contributed by atoms with E-state index in [1.807, 2.05) is 63.4 Å². The zero-order valence-electron chi connectivity index (χ0n) is 20.0. The Morgan fingerprint density at radius 1 is 1.30 bits per heavy atom. The summed E-state index contributed by atoms with van der Waals surface area (Å²) in [5, 5.41) is 3.91. The molecule has 0 spiro atoms. The van der Waals surface area contributed by atoms with Crippen molar-refractivity contribution in [3.05, 3.63) is 70.0 Å². The van der Waals surface area contributed by atoms with Crippen LogP contribution in [0.15, 0.2) is 63.9 Å². The van der Waals surface area contributed by atoms with E-state index in [9.17, 15) is 4.79 Å². The largest absolute Gasteiger partial charge is 0.370 e. The van der Waals surface area contributed by atoms with E-state index in [2.05, 4.69) is 23.3 Å². The summed E-state index contributed by atoms with van der Waals surface area (Å²) in [6.07, 6.45) is 13.0. The Balaban J connectivity index is 1.98. The van der Waals surface area contributed by atoms with Gasteiger partial charge in [0.1, 0.15) is 11.7 Å². The van der Waals surface area contributed by atoms with E-state index in [4.69, 9.17) is 16.6 Å². The number of carbonyl (C=O) groups excluding carboxylic acids is 1. The number of allylic oxidation sites excluding steroid dienone is 3. The van der Waals surface area contributed by atoms with Crippen LogP contribution in [0.4, 0.5) is 0 Å². The van der Waals surface area contributed by atoms with Gasteiger partial charge in [0.25, 0.3) is 5.91 Å². The Bertz CT molecular complexity index is 1080. The van der Waals surface area contributed by atoms with Gasteiger partial charge >= 0.3 is 0 Å². The number of hydrogen-bond acceptors (Lipinski definition) is 4. The lowest BCUT2D eigenvalue weighted by Gasteiger charge is -2.30. The summed E-state index contributed by atoms with van der Waals surface area (Å²) in [7, 11) is 0. The van der Waals surface area contributed by atoms with Crippen LogP contribution >= 0.6 is 11.6 Å². The maximum atomic E-state index is 13.5. The third kappa shape index (κ3) is 5.72. The highest BCUT2D eigenvalue weighted by molar-refractivity contribution is 6.37. The highest BCUT2D eigenvalue weighted by atomic mass is 35.5. The molecule has 2 aliphatic rings. The van der Waals surface area contributed by atoms with Crippen molar-refractivity contribution in [1.82, 2.24) is 10.2 Å². The van der Waals surface area contributed by atoms with Crippen LogP contribution in [0.3, 0.4) is 0 Å². The molecule has 0 aliphatic carbocycles. The Hall–Kier alpha value is -2.92. The molecule has 1 aromatic rings. The topological polar surface area (TPSA) is 57.1 Å². The molecule has 1 N–H and O–H groups in total. The fourth-order valence-corrected chi connectivity index (χ4v) is 4.11. The quantitative estimate of drug-likeness (QED) is 0.477. The van der Waals surface area contributed by atoms with Crippen LogP contribution < -0.4 is 5.32 Å². The molecule has 0 fully saturated rings. The molecule has 1 amide bonds. The average molecular weight is 465 g/mol. The van der Waals surface area contributed by atoms with Gasteiger partial charge in [0, 0.05) is 47.6 Å². The van der Waals surface area contributed by atoms with Gasteiger partial charge in [-0.2, -0.15) is 0 Å². The number of nitrogens with one attached hydrogen (secondary N) is 1. The van der Waals surface area contributed by atoms with Gasteiger partial charge in [-0.1, -0.05) is 49.2 Å². The van der Waals surface area contributed by atoms with Gasteiger partial charge in [0.05, 0.1) is 0 Å². The maximum Gasteiger partial charge on any atom is 0.260 e. The second kappa shape index (κ2) is 11.8. The molecule has 3 rings (SSSR count). The predicted molar refractivity (Wildman–Crippen MR) is 141 cm³/mol. The number of amides is 1. The minimum absolute atomic E-state index is 0.0982. The van der Waals surface area contributed by atoms with E-state index in [-0.39, 0.29) is 5.91 Å². The molecular weight excluding hydrogens is 432 g/mol. The van der Waals surface area contributed by atoms with Crippen molar-refractivity contribution in [2.45, 2.75) is 47.0 Å². The van der Waals surface area contributed by atoms with Crippen LogP contribution in [0, 0.1) is 0 Å². The standard InChI is InChI=1S/C27H33ClN4O/c1-5-9-15-30-25(7-3)31-26-19(6-2)16-23(27(33)32(26)8-4)22-13-12-20(17-24(22)28)21-11-10-14-29-18-21/h6-7,11-13,16-18,30H,5,8-10,14-15H2,1-4H3/b19-6-,25-7-,31-26+. The summed E-state index contributed by atoms with van der Waals surface area (Å²) in [5.74, 6) is 1.33. The van der Waals surface area contributed by atoms with Gasteiger partial charge in [-0.15, -0.1) is 0 Å². The normalized spacial score (nSPS) is 19.2. The summed E-state index contributed by atoms with van der Waals surface area (Å²) >= 11 is 6.69. The Morgan fingerprint density at radius 3 is 2.73 bits per heavy atom. The first-order valence-corrected chi connectivity index (χ1v) is 12.1. The molecule has 0 aromatic heterocycles. The number of benzene rings is 1. The van der Waals surface area contributed by atoms with Gasteiger partial charge in [-0.25, -0.2) is 4.99 Å². The van der Waals surface area contributed by atoms with E-state index in [1.54, 1.807) is 4.90 Å². The third-order valence-electron chi connectivity index (χ3n) is 5.70. The lowest BCUT2D eigenvalue weighted by Crippen LogP contribution is -2.41. The lowest BCUT2D eigenvalue weighted by atomic mass is 9.94. The molecular formula is C27H33ClN4O. The van der Waals surface area contributed by atoms with Crippen LogP contribution in [0.2, 0.25) is 5.02 Å². The zero-order chi connectivity index (χ0) is 23.8. The number of amidine groups is 1.